The molecule has 39 heavy (non-hydrogen) atoms. The Kier molecular flexibility index (Phi) is 6.90. The minimum Gasteiger partial charge on any atom is -0.367 e. The van der Waals surface area contributed by atoms with Crippen molar-refractivity contribution in [1.82, 2.24) is 9.78 Å². The van der Waals surface area contributed by atoms with Gasteiger partial charge < -0.3 is 15.1 Å². The van der Waals surface area contributed by atoms with Crippen LogP contribution >= 0.6 is 0 Å². The molecule has 0 spiro atoms. The van der Waals surface area contributed by atoms with E-state index in [1.54, 1.807) is 12.1 Å². The third kappa shape index (κ3) is 5.79. The Balaban J connectivity index is 1.31. The highest BCUT2D eigenvalue weighted by molar-refractivity contribution is 5.65. The van der Waals surface area contributed by atoms with E-state index in [4.69, 9.17) is 0 Å². The molecule has 5 nitrogen and oxygen atoms in total. The van der Waals surface area contributed by atoms with Crippen LogP contribution in [0.5, 0.6) is 0 Å². The van der Waals surface area contributed by atoms with E-state index in [9.17, 15) is 36.6 Å². The molecule has 0 saturated carbocycles. The second-order valence-electron chi connectivity index (χ2n) is 9.41. The van der Waals surface area contributed by atoms with E-state index in [0.717, 1.165) is 39.2 Å². The molecule has 1 aliphatic rings. The number of hydrogen-bond donors (Lipinski definition) is 2. The summed E-state index contributed by atoms with van der Waals surface area (Å²) in [5.74, 6) is 0. The van der Waals surface area contributed by atoms with E-state index in [-0.39, 0.29) is 6.54 Å². The van der Waals surface area contributed by atoms with Gasteiger partial charge >= 0.3 is 12.4 Å². The molecule has 204 valence electrons. The number of aliphatic hydroxyl groups excluding tert-OH is 1. The van der Waals surface area contributed by atoms with Gasteiger partial charge in [-0.2, -0.15) is 31.4 Å². The van der Waals surface area contributed by atoms with Crippen LogP contribution in [0.3, 0.4) is 0 Å². The molecule has 0 radical (unpaired) electrons. The number of fused-ring (bicyclic) bond motifs is 1. The Bertz CT molecular complexity index is 1480. The normalized spacial score (nSPS) is 13.8. The molecule has 3 aromatic carbocycles. The number of alkyl halides is 6. The average molecular weight is 547 g/mol. The van der Waals surface area contributed by atoms with E-state index in [2.05, 4.69) is 5.10 Å². The van der Waals surface area contributed by atoms with Gasteiger partial charge in [0.2, 0.25) is 0 Å². The SMILES string of the molecule is OC(O)c1cn(Cc2ccc(-c3cccc(CN4CCc5ccc(C(F)(F)F)cc54)c3)cc2)nc1C(F)(F)F. The lowest BCUT2D eigenvalue weighted by Crippen LogP contribution is -2.20. The van der Waals surface area contributed by atoms with Crippen LogP contribution in [0.4, 0.5) is 32.0 Å². The fourth-order valence-corrected chi connectivity index (χ4v) is 4.77. The zero-order valence-electron chi connectivity index (χ0n) is 20.3. The lowest BCUT2D eigenvalue weighted by molar-refractivity contribution is -0.146. The highest BCUT2D eigenvalue weighted by atomic mass is 19.4. The molecule has 0 amide bonds. The molecule has 2 N–H and O–H groups in total. The Hall–Kier alpha value is -3.83. The van der Waals surface area contributed by atoms with Crippen molar-refractivity contribution in [3.63, 3.8) is 0 Å². The van der Waals surface area contributed by atoms with Gasteiger partial charge in [0.15, 0.2) is 12.0 Å². The quantitative estimate of drug-likeness (QED) is 0.224. The maximum atomic E-state index is 13.2. The lowest BCUT2D eigenvalue weighted by Gasteiger charge is -2.21. The first-order valence-corrected chi connectivity index (χ1v) is 12.0. The van der Waals surface area contributed by atoms with Crippen LogP contribution in [0, 0.1) is 0 Å². The Morgan fingerprint density at radius 3 is 2.18 bits per heavy atom. The number of aliphatic hydroxyl groups is 2. The molecule has 0 fully saturated rings. The fourth-order valence-electron chi connectivity index (χ4n) is 4.77. The summed E-state index contributed by atoms with van der Waals surface area (Å²) in [5, 5.41) is 22.0. The summed E-state index contributed by atoms with van der Waals surface area (Å²) >= 11 is 0. The molecule has 0 atom stereocenters. The molecular formula is C28H23F6N3O2. The number of hydrogen-bond acceptors (Lipinski definition) is 4. The zero-order valence-corrected chi connectivity index (χ0v) is 20.3. The Morgan fingerprint density at radius 2 is 1.54 bits per heavy atom. The lowest BCUT2D eigenvalue weighted by atomic mass is 10.0. The van der Waals surface area contributed by atoms with Gasteiger partial charge in [0, 0.05) is 25.0 Å². The molecule has 0 unspecified atom stereocenters. The second-order valence-corrected chi connectivity index (χ2v) is 9.41. The van der Waals surface area contributed by atoms with Gasteiger partial charge in [0.25, 0.3) is 0 Å². The van der Waals surface area contributed by atoms with E-state index in [1.165, 1.54) is 12.1 Å². The van der Waals surface area contributed by atoms with Gasteiger partial charge in [-0.1, -0.05) is 48.5 Å². The summed E-state index contributed by atoms with van der Waals surface area (Å²) in [6.07, 6.45) is -9.90. The van der Waals surface area contributed by atoms with Gasteiger partial charge in [0.05, 0.1) is 17.7 Å². The van der Waals surface area contributed by atoms with Crippen molar-refractivity contribution in [1.29, 1.82) is 0 Å². The highest BCUT2D eigenvalue weighted by Crippen LogP contribution is 2.37. The first-order chi connectivity index (χ1) is 18.4. The molecule has 0 saturated heterocycles. The third-order valence-electron chi connectivity index (χ3n) is 6.67. The highest BCUT2D eigenvalue weighted by Gasteiger charge is 2.38. The molecule has 0 aliphatic carbocycles. The second kappa shape index (κ2) is 10.0. The van der Waals surface area contributed by atoms with Gasteiger partial charge in [0.1, 0.15) is 0 Å². The molecule has 1 aliphatic heterocycles. The fraction of sp³-hybridized carbons (Fsp3) is 0.250. The van der Waals surface area contributed by atoms with Crippen LogP contribution in [0.2, 0.25) is 0 Å². The summed E-state index contributed by atoms with van der Waals surface area (Å²) in [5.41, 5.74) is 2.05. The summed E-state index contributed by atoms with van der Waals surface area (Å²) < 4.78 is 80.1. The maximum Gasteiger partial charge on any atom is 0.435 e. The largest absolute Gasteiger partial charge is 0.435 e. The van der Waals surface area contributed by atoms with Crippen LogP contribution in [0.25, 0.3) is 11.1 Å². The average Bonchev–Trinajstić information content (AvgIpc) is 3.48. The summed E-state index contributed by atoms with van der Waals surface area (Å²) in [6, 6.07) is 18.6. The van der Waals surface area contributed by atoms with Crippen LogP contribution in [0.1, 0.15) is 39.8 Å². The Morgan fingerprint density at radius 1 is 0.795 bits per heavy atom. The number of anilines is 1. The van der Waals surface area contributed by atoms with Gasteiger partial charge in [-0.15, -0.1) is 0 Å². The predicted octanol–water partition coefficient (Wildman–Crippen LogP) is 6.18. The monoisotopic (exact) mass is 547 g/mol. The number of halogens is 6. The first-order valence-electron chi connectivity index (χ1n) is 12.0. The van der Waals surface area contributed by atoms with Crippen LogP contribution < -0.4 is 4.90 Å². The third-order valence-corrected chi connectivity index (χ3v) is 6.67. The molecule has 4 aromatic rings. The first kappa shape index (κ1) is 26.8. The van der Waals surface area contributed by atoms with Gasteiger partial charge in [-0.05, 0) is 52.4 Å². The number of nitrogens with zero attached hydrogens (tertiary/aromatic N) is 3. The summed E-state index contributed by atoms with van der Waals surface area (Å²) in [6.45, 7) is 1.05. The van der Waals surface area contributed by atoms with Crippen LogP contribution in [-0.2, 0) is 31.9 Å². The van der Waals surface area contributed by atoms with E-state index < -0.39 is 35.5 Å². The van der Waals surface area contributed by atoms with Crippen molar-refractivity contribution in [3.8, 4) is 11.1 Å². The maximum absolute atomic E-state index is 13.2. The Labute approximate surface area is 219 Å². The number of aromatic nitrogens is 2. The van der Waals surface area contributed by atoms with Gasteiger partial charge in [-0.25, -0.2) is 0 Å². The van der Waals surface area contributed by atoms with Crippen LogP contribution in [0.15, 0.2) is 72.9 Å². The van der Waals surface area contributed by atoms with Crippen molar-refractivity contribution in [2.45, 2.75) is 38.2 Å². The minimum atomic E-state index is -4.82. The standard InChI is InChI=1S/C28H23F6N3O2/c29-27(30,31)22-9-8-20-10-11-36(24(20)13-22)14-18-2-1-3-21(12-18)19-6-4-17(5-7-19)15-37-16-23(26(38)39)25(35-37)28(32,33)34/h1-9,12-13,16,26,38-39H,10-11,14-15H2. The van der Waals surface area contributed by atoms with Crippen molar-refractivity contribution >= 4 is 5.69 Å². The smallest absolute Gasteiger partial charge is 0.367 e. The topological polar surface area (TPSA) is 61.5 Å². The summed E-state index contributed by atoms with van der Waals surface area (Å²) in [7, 11) is 0. The van der Waals surface area contributed by atoms with Crippen molar-refractivity contribution in [2.24, 2.45) is 0 Å². The van der Waals surface area contributed by atoms with Crippen molar-refractivity contribution in [2.75, 3.05) is 11.4 Å². The predicted molar refractivity (Wildman–Crippen MR) is 132 cm³/mol. The van der Waals surface area contributed by atoms with Crippen molar-refractivity contribution in [3.05, 3.63) is 106 Å². The van der Waals surface area contributed by atoms with E-state index >= 15 is 0 Å². The van der Waals surface area contributed by atoms with E-state index in [1.807, 2.05) is 41.3 Å². The minimum absolute atomic E-state index is 0.00952. The molecule has 2 heterocycles. The summed E-state index contributed by atoms with van der Waals surface area (Å²) in [4.78, 5) is 1.93. The molecule has 1 aromatic heterocycles. The molecule has 5 rings (SSSR count). The number of benzene rings is 3. The van der Waals surface area contributed by atoms with Gasteiger partial charge in [-0.3, -0.25) is 4.68 Å². The van der Waals surface area contributed by atoms with Crippen LogP contribution in [-0.4, -0.2) is 26.5 Å². The number of rotatable bonds is 6. The van der Waals surface area contributed by atoms with E-state index in [0.29, 0.717) is 30.8 Å². The molecule has 0 bridgehead atoms. The molecule has 11 heteroatoms. The zero-order chi connectivity index (χ0) is 27.9. The van der Waals surface area contributed by atoms with Crippen molar-refractivity contribution < 1.29 is 36.6 Å². The molecular weight excluding hydrogens is 524 g/mol.